The number of carbonyl (C=O) groups excluding carboxylic acids is 1. The van der Waals surface area contributed by atoms with Crippen LogP contribution in [0.3, 0.4) is 0 Å². The maximum Gasteiger partial charge on any atom is 0.222 e. The molecule has 0 rings (SSSR count). The van der Waals surface area contributed by atoms with Crippen LogP contribution in [0, 0.1) is 0 Å². The summed E-state index contributed by atoms with van der Waals surface area (Å²) in [6.07, 6.45) is 3.95. The Hall–Kier alpha value is -0.240. The summed E-state index contributed by atoms with van der Waals surface area (Å²) < 4.78 is 0. The summed E-state index contributed by atoms with van der Waals surface area (Å²) in [6, 6.07) is 0. The second-order valence-corrected chi connectivity index (χ2v) is 4.26. The van der Waals surface area contributed by atoms with Gasteiger partial charge in [-0.25, -0.2) is 0 Å². The van der Waals surface area contributed by atoms with Crippen molar-refractivity contribution in [2.45, 2.75) is 44.9 Å². The molecule has 1 atom stereocenters. The van der Waals surface area contributed by atoms with Crippen LogP contribution in [-0.4, -0.2) is 29.8 Å². The molecule has 0 aromatic heterocycles. The molecule has 0 spiro atoms. The average Bonchev–Trinajstić information content (AvgIpc) is 2.03. The van der Waals surface area contributed by atoms with E-state index in [0.717, 1.165) is 19.3 Å². The van der Waals surface area contributed by atoms with Gasteiger partial charge in [-0.15, -0.1) is 11.6 Å². The predicted molar refractivity (Wildman–Crippen MR) is 57.1 cm³/mol. The van der Waals surface area contributed by atoms with Crippen LogP contribution in [0.2, 0.25) is 0 Å². The van der Waals surface area contributed by atoms with Gasteiger partial charge in [-0.3, -0.25) is 4.79 Å². The van der Waals surface area contributed by atoms with Gasteiger partial charge in [-0.05, 0) is 13.3 Å². The molecule has 0 aliphatic carbocycles. The van der Waals surface area contributed by atoms with Crippen molar-refractivity contribution in [2.75, 3.05) is 13.6 Å². The van der Waals surface area contributed by atoms with Crippen LogP contribution in [0.4, 0.5) is 0 Å². The number of carbonyl (C=O) groups is 1. The van der Waals surface area contributed by atoms with E-state index in [4.69, 9.17) is 11.6 Å². The van der Waals surface area contributed by atoms with Gasteiger partial charge in [0.1, 0.15) is 0 Å². The Kier molecular flexibility index (Phi) is 7.06. The number of halogens is 1. The van der Waals surface area contributed by atoms with Crippen LogP contribution in [-0.2, 0) is 4.79 Å². The number of rotatable bonds is 6. The summed E-state index contributed by atoms with van der Waals surface area (Å²) in [7, 11) is 1.81. The molecule has 0 fully saturated rings. The van der Waals surface area contributed by atoms with Crippen LogP contribution in [0.25, 0.3) is 0 Å². The minimum atomic E-state index is 0.0418. The molecule has 13 heavy (non-hydrogen) atoms. The molecular weight excluding hydrogens is 186 g/mol. The lowest BCUT2D eigenvalue weighted by molar-refractivity contribution is -0.130. The van der Waals surface area contributed by atoms with Crippen molar-refractivity contribution < 1.29 is 4.79 Å². The van der Waals surface area contributed by atoms with Crippen LogP contribution >= 0.6 is 11.6 Å². The monoisotopic (exact) mass is 205 g/mol. The normalized spacial score (nSPS) is 12.6. The van der Waals surface area contributed by atoms with E-state index >= 15 is 0 Å². The zero-order valence-corrected chi connectivity index (χ0v) is 9.60. The number of hydrogen-bond donors (Lipinski definition) is 0. The summed E-state index contributed by atoms with van der Waals surface area (Å²) in [6.45, 7) is 4.68. The van der Waals surface area contributed by atoms with Gasteiger partial charge in [0.05, 0.1) is 0 Å². The van der Waals surface area contributed by atoms with Crippen molar-refractivity contribution >= 4 is 17.5 Å². The fraction of sp³-hybridized carbons (Fsp3) is 0.900. The molecule has 0 saturated heterocycles. The maximum absolute atomic E-state index is 11.4. The molecule has 0 heterocycles. The van der Waals surface area contributed by atoms with E-state index in [0.29, 0.717) is 13.0 Å². The molecular formula is C10H20ClNO. The molecule has 0 aliphatic rings. The highest BCUT2D eigenvalue weighted by Crippen LogP contribution is 2.04. The Bertz CT molecular complexity index is 148. The van der Waals surface area contributed by atoms with E-state index in [9.17, 15) is 4.79 Å². The maximum atomic E-state index is 11.4. The van der Waals surface area contributed by atoms with Crippen molar-refractivity contribution in [1.29, 1.82) is 0 Å². The Labute approximate surface area is 86.2 Å². The fourth-order valence-corrected chi connectivity index (χ4v) is 1.40. The van der Waals surface area contributed by atoms with Gasteiger partial charge in [0.25, 0.3) is 0 Å². The Morgan fingerprint density at radius 3 is 2.54 bits per heavy atom. The minimum Gasteiger partial charge on any atom is -0.344 e. The summed E-state index contributed by atoms with van der Waals surface area (Å²) in [5, 5.41) is 0.0418. The number of hydrogen-bond acceptors (Lipinski definition) is 1. The zero-order valence-electron chi connectivity index (χ0n) is 8.85. The molecule has 2 nitrogen and oxygen atoms in total. The predicted octanol–water partition coefficient (Wildman–Crippen LogP) is 2.65. The highest BCUT2D eigenvalue weighted by atomic mass is 35.5. The van der Waals surface area contributed by atoms with Crippen LogP contribution in [0.1, 0.15) is 39.5 Å². The van der Waals surface area contributed by atoms with Crippen LogP contribution in [0.5, 0.6) is 0 Å². The van der Waals surface area contributed by atoms with E-state index in [1.165, 1.54) is 0 Å². The minimum absolute atomic E-state index is 0.0418. The Morgan fingerprint density at radius 2 is 2.08 bits per heavy atom. The molecule has 1 unspecified atom stereocenters. The lowest BCUT2D eigenvalue weighted by atomic mass is 10.2. The van der Waals surface area contributed by atoms with Crippen molar-refractivity contribution in [1.82, 2.24) is 4.90 Å². The first kappa shape index (κ1) is 12.8. The number of alkyl halides is 1. The standard InChI is InChI=1S/C10H20ClNO/c1-4-5-6-7-10(13)12(3)8-9(2)11/h9H,4-8H2,1-3H3. The van der Waals surface area contributed by atoms with Gasteiger partial charge >= 0.3 is 0 Å². The van der Waals surface area contributed by atoms with Gasteiger partial charge < -0.3 is 4.90 Å². The molecule has 1 amide bonds. The molecule has 0 aliphatic heterocycles. The van der Waals surface area contributed by atoms with Gasteiger partial charge in [0.15, 0.2) is 0 Å². The first-order valence-electron chi connectivity index (χ1n) is 4.96. The van der Waals surface area contributed by atoms with Gasteiger partial charge in [-0.2, -0.15) is 0 Å². The topological polar surface area (TPSA) is 20.3 Å². The molecule has 0 aromatic carbocycles. The molecule has 3 heteroatoms. The van der Waals surface area contributed by atoms with E-state index in [2.05, 4.69) is 6.92 Å². The SMILES string of the molecule is CCCCCC(=O)N(C)CC(C)Cl. The molecule has 78 valence electrons. The van der Waals surface area contributed by atoms with Crippen molar-refractivity contribution in [3.8, 4) is 0 Å². The second-order valence-electron chi connectivity index (χ2n) is 3.51. The Morgan fingerprint density at radius 1 is 1.46 bits per heavy atom. The first-order valence-corrected chi connectivity index (χ1v) is 5.39. The first-order chi connectivity index (χ1) is 6.07. The van der Waals surface area contributed by atoms with Crippen molar-refractivity contribution in [3.05, 3.63) is 0 Å². The van der Waals surface area contributed by atoms with Crippen molar-refractivity contribution in [2.24, 2.45) is 0 Å². The van der Waals surface area contributed by atoms with Crippen LogP contribution < -0.4 is 0 Å². The second kappa shape index (κ2) is 7.19. The fourth-order valence-electron chi connectivity index (χ4n) is 1.20. The van der Waals surface area contributed by atoms with E-state index in [1.807, 2.05) is 14.0 Å². The van der Waals surface area contributed by atoms with E-state index < -0.39 is 0 Å². The molecule has 0 bridgehead atoms. The molecule has 0 radical (unpaired) electrons. The lowest BCUT2D eigenvalue weighted by Gasteiger charge is -2.18. The van der Waals surface area contributed by atoms with E-state index in [1.54, 1.807) is 4.90 Å². The molecule has 0 N–H and O–H groups in total. The van der Waals surface area contributed by atoms with Crippen LogP contribution in [0.15, 0.2) is 0 Å². The quantitative estimate of drug-likeness (QED) is 0.482. The smallest absolute Gasteiger partial charge is 0.222 e. The third-order valence-electron chi connectivity index (χ3n) is 1.95. The lowest BCUT2D eigenvalue weighted by Crippen LogP contribution is -2.31. The van der Waals surface area contributed by atoms with Crippen molar-refractivity contribution in [3.63, 3.8) is 0 Å². The third kappa shape index (κ3) is 6.88. The summed E-state index contributed by atoms with van der Waals surface area (Å²) in [4.78, 5) is 13.1. The molecule has 0 aromatic rings. The summed E-state index contributed by atoms with van der Waals surface area (Å²) in [5.41, 5.74) is 0. The number of amides is 1. The largest absolute Gasteiger partial charge is 0.344 e. The zero-order chi connectivity index (χ0) is 10.3. The van der Waals surface area contributed by atoms with Gasteiger partial charge in [-0.1, -0.05) is 19.8 Å². The Balaban J connectivity index is 3.57. The number of unbranched alkanes of at least 4 members (excludes halogenated alkanes) is 2. The number of nitrogens with zero attached hydrogens (tertiary/aromatic N) is 1. The highest BCUT2D eigenvalue weighted by Gasteiger charge is 2.09. The molecule has 0 saturated carbocycles. The van der Waals surface area contributed by atoms with E-state index in [-0.39, 0.29) is 11.3 Å². The highest BCUT2D eigenvalue weighted by molar-refractivity contribution is 6.20. The summed E-state index contributed by atoms with van der Waals surface area (Å²) >= 11 is 5.78. The van der Waals surface area contributed by atoms with Gasteiger partial charge in [0.2, 0.25) is 5.91 Å². The average molecular weight is 206 g/mol. The van der Waals surface area contributed by atoms with Gasteiger partial charge in [0, 0.05) is 25.4 Å². The summed E-state index contributed by atoms with van der Waals surface area (Å²) in [5.74, 6) is 0.209. The third-order valence-corrected chi connectivity index (χ3v) is 2.08.